The van der Waals surface area contributed by atoms with Crippen LogP contribution in [0.25, 0.3) is 5.57 Å². The minimum atomic E-state index is -4.50. The Morgan fingerprint density at radius 2 is 1.77 bits per heavy atom. The molecule has 0 aliphatic heterocycles. The topological polar surface area (TPSA) is 46.2 Å². The van der Waals surface area contributed by atoms with E-state index in [0.29, 0.717) is 49.1 Å². The van der Waals surface area contributed by atoms with Gasteiger partial charge in [0.15, 0.2) is 5.78 Å². The van der Waals surface area contributed by atoms with Gasteiger partial charge in [-0.1, -0.05) is 37.6 Å². The number of benzene rings is 1. The molecule has 0 bridgehead atoms. The lowest BCUT2D eigenvalue weighted by molar-refractivity contribution is -0.138. The van der Waals surface area contributed by atoms with Crippen molar-refractivity contribution < 1.29 is 22.8 Å². The van der Waals surface area contributed by atoms with Crippen LogP contribution in [0.5, 0.6) is 0 Å². The van der Waals surface area contributed by atoms with E-state index in [2.05, 4.69) is 19.2 Å². The third-order valence-corrected chi connectivity index (χ3v) is 10.3. The van der Waals surface area contributed by atoms with E-state index in [1.165, 1.54) is 12.1 Å². The molecule has 35 heavy (non-hydrogen) atoms. The standard InChI is InChI=1S/C29H36F3NO2/c1-4-33-26(35)23-12-11-19-17-9-10-22-25(18-7-5-6-8-21(18)29(30,31)32)24(34)14-16-27(22,2)20(17)13-15-28(19,23)3/h5-8,17,19-20,23H,4,9-16H2,1-3H3,(H,33,35)/t17-,19-,20-,23+,27+,28-/m0/s1. The SMILES string of the molecule is CCNC(=O)[C@H]1CC[C@H]2[C@@H]3CCC4=C(c5ccccc5C(F)(F)F)C(=O)CC[C@]4(C)[C@H]3CC[C@]12C. The number of amides is 1. The lowest BCUT2D eigenvalue weighted by Gasteiger charge is -2.58. The third-order valence-electron chi connectivity index (χ3n) is 10.3. The van der Waals surface area contributed by atoms with E-state index in [1.807, 2.05) is 6.92 Å². The smallest absolute Gasteiger partial charge is 0.356 e. The van der Waals surface area contributed by atoms with Crippen LogP contribution in [0.3, 0.4) is 0 Å². The minimum Gasteiger partial charge on any atom is -0.356 e. The average Bonchev–Trinajstić information content (AvgIpc) is 3.16. The van der Waals surface area contributed by atoms with Gasteiger partial charge in [0.1, 0.15) is 0 Å². The Morgan fingerprint density at radius 1 is 1.03 bits per heavy atom. The number of Topliss-reactive ketones (excluding diaryl/α,β-unsaturated/α-hetero) is 1. The molecule has 1 aromatic rings. The fourth-order valence-electron chi connectivity index (χ4n) is 8.70. The predicted molar refractivity (Wildman–Crippen MR) is 129 cm³/mol. The van der Waals surface area contributed by atoms with E-state index in [1.54, 1.807) is 6.07 Å². The minimum absolute atomic E-state index is 0.0196. The normalized spacial score (nSPS) is 36.9. The van der Waals surface area contributed by atoms with Crippen molar-refractivity contribution in [3.8, 4) is 0 Å². The Labute approximate surface area is 205 Å². The summed E-state index contributed by atoms with van der Waals surface area (Å²) in [6, 6.07) is 5.58. The second-order valence-electron chi connectivity index (χ2n) is 11.7. The summed E-state index contributed by atoms with van der Waals surface area (Å²) in [5.74, 6) is 1.32. The summed E-state index contributed by atoms with van der Waals surface area (Å²) >= 11 is 0. The summed E-state index contributed by atoms with van der Waals surface area (Å²) in [5, 5.41) is 3.04. The molecule has 3 fully saturated rings. The van der Waals surface area contributed by atoms with Gasteiger partial charge in [-0.15, -0.1) is 0 Å². The third kappa shape index (κ3) is 3.69. The van der Waals surface area contributed by atoms with E-state index < -0.39 is 11.7 Å². The van der Waals surface area contributed by atoms with Gasteiger partial charge in [-0.05, 0) is 92.1 Å². The molecule has 4 aliphatic carbocycles. The molecular weight excluding hydrogens is 451 g/mol. The molecule has 190 valence electrons. The second kappa shape index (κ2) is 8.48. The van der Waals surface area contributed by atoms with Gasteiger partial charge in [0.05, 0.1) is 5.56 Å². The number of fused-ring (bicyclic) bond motifs is 5. The first-order valence-corrected chi connectivity index (χ1v) is 13.2. The first-order valence-electron chi connectivity index (χ1n) is 13.2. The van der Waals surface area contributed by atoms with Crippen LogP contribution >= 0.6 is 0 Å². The van der Waals surface area contributed by atoms with Crippen LogP contribution in [0, 0.1) is 34.5 Å². The maximum Gasteiger partial charge on any atom is 0.417 e. The number of allylic oxidation sites excluding steroid dienone is 1. The number of hydrogen-bond acceptors (Lipinski definition) is 2. The summed E-state index contributed by atoms with van der Waals surface area (Å²) in [4.78, 5) is 26.0. The summed E-state index contributed by atoms with van der Waals surface area (Å²) in [5.41, 5.74) is 0.351. The van der Waals surface area contributed by atoms with E-state index in [9.17, 15) is 22.8 Å². The summed E-state index contributed by atoms with van der Waals surface area (Å²) in [7, 11) is 0. The zero-order valence-electron chi connectivity index (χ0n) is 20.9. The van der Waals surface area contributed by atoms with Crippen molar-refractivity contribution in [2.45, 2.75) is 78.3 Å². The van der Waals surface area contributed by atoms with Crippen molar-refractivity contribution >= 4 is 17.3 Å². The van der Waals surface area contributed by atoms with Gasteiger partial charge in [0.25, 0.3) is 0 Å². The van der Waals surface area contributed by atoms with Gasteiger partial charge < -0.3 is 5.32 Å². The van der Waals surface area contributed by atoms with Crippen LogP contribution in [-0.2, 0) is 15.8 Å². The number of alkyl halides is 3. The molecule has 4 aliphatic rings. The van der Waals surface area contributed by atoms with Crippen molar-refractivity contribution in [2.75, 3.05) is 6.54 Å². The van der Waals surface area contributed by atoms with Gasteiger partial charge in [-0.3, -0.25) is 9.59 Å². The van der Waals surface area contributed by atoms with Crippen LogP contribution in [0.1, 0.15) is 83.3 Å². The highest BCUT2D eigenvalue weighted by atomic mass is 19.4. The van der Waals surface area contributed by atoms with E-state index in [4.69, 9.17) is 0 Å². The van der Waals surface area contributed by atoms with E-state index in [0.717, 1.165) is 43.7 Å². The maximum atomic E-state index is 13.9. The largest absolute Gasteiger partial charge is 0.417 e. The number of halogens is 3. The average molecular weight is 488 g/mol. The van der Waals surface area contributed by atoms with Gasteiger partial charge in [-0.25, -0.2) is 0 Å². The fourth-order valence-corrected chi connectivity index (χ4v) is 8.70. The van der Waals surface area contributed by atoms with Crippen molar-refractivity contribution in [1.29, 1.82) is 0 Å². The predicted octanol–water partition coefficient (Wildman–Crippen LogP) is 6.82. The number of carbonyl (C=O) groups excluding carboxylic acids is 2. The molecule has 3 nitrogen and oxygen atoms in total. The molecule has 5 rings (SSSR count). The Kier molecular flexibility index (Phi) is 5.96. The van der Waals surface area contributed by atoms with Crippen LogP contribution < -0.4 is 5.32 Å². The van der Waals surface area contributed by atoms with Crippen molar-refractivity contribution in [2.24, 2.45) is 34.5 Å². The molecule has 0 aromatic heterocycles. The highest BCUT2D eigenvalue weighted by Crippen LogP contribution is 2.67. The van der Waals surface area contributed by atoms with Gasteiger partial charge in [0, 0.05) is 24.5 Å². The number of carbonyl (C=O) groups is 2. The van der Waals surface area contributed by atoms with Crippen LogP contribution in [0.15, 0.2) is 29.8 Å². The molecule has 1 N–H and O–H groups in total. The molecule has 0 radical (unpaired) electrons. The Morgan fingerprint density at radius 3 is 2.49 bits per heavy atom. The highest BCUT2D eigenvalue weighted by molar-refractivity contribution is 6.23. The summed E-state index contributed by atoms with van der Waals surface area (Å²) in [6.07, 6.45) is 1.96. The molecule has 3 saturated carbocycles. The highest BCUT2D eigenvalue weighted by Gasteiger charge is 2.60. The summed E-state index contributed by atoms with van der Waals surface area (Å²) < 4.78 is 41.7. The van der Waals surface area contributed by atoms with Gasteiger partial charge >= 0.3 is 6.18 Å². The molecule has 0 saturated heterocycles. The van der Waals surface area contributed by atoms with Crippen molar-refractivity contribution in [1.82, 2.24) is 5.32 Å². The van der Waals surface area contributed by atoms with E-state index >= 15 is 0 Å². The number of hydrogen-bond donors (Lipinski definition) is 1. The first-order chi connectivity index (χ1) is 16.5. The Bertz CT molecular complexity index is 1080. The lowest BCUT2D eigenvalue weighted by atomic mass is 9.46. The summed E-state index contributed by atoms with van der Waals surface area (Å²) in [6.45, 7) is 7.10. The first kappa shape index (κ1) is 24.6. The van der Waals surface area contributed by atoms with Crippen LogP contribution in [0.4, 0.5) is 13.2 Å². The molecular formula is C29H36F3NO2. The number of rotatable bonds is 3. The number of ketones is 1. The monoisotopic (exact) mass is 487 g/mol. The van der Waals surface area contributed by atoms with Crippen molar-refractivity contribution in [3.05, 3.63) is 41.0 Å². The Hall–Kier alpha value is -2.11. The lowest BCUT2D eigenvalue weighted by Crippen LogP contribution is -2.52. The fraction of sp³-hybridized carbons (Fsp3) is 0.655. The number of nitrogens with one attached hydrogen (secondary N) is 1. The van der Waals surface area contributed by atoms with Crippen LogP contribution in [0.2, 0.25) is 0 Å². The Balaban J connectivity index is 1.54. The molecule has 1 aromatic carbocycles. The zero-order valence-corrected chi connectivity index (χ0v) is 20.9. The molecule has 0 heterocycles. The quantitative estimate of drug-likeness (QED) is 0.509. The maximum absolute atomic E-state index is 13.9. The zero-order chi connectivity index (χ0) is 25.2. The van der Waals surface area contributed by atoms with Crippen molar-refractivity contribution in [3.63, 3.8) is 0 Å². The van der Waals surface area contributed by atoms with E-state index in [-0.39, 0.29) is 34.0 Å². The molecule has 6 heteroatoms. The van der Waals surface area contributed by atoms with Crippen LogP contribution in [-0.4, -0.2) is 18.2 Å². The van der Waals surface area contributed by atoms with Gasteiger partial charge in [-0.2, -0.15) is 13.2 Å². The molecule has 1 amide bonds. The van der Waals surface area contributed by atoms with Gasteiger partial charge in [0.2, 0.25) is 5.91 Å². The molecule has 6 atom stereocenters. The second-order valence-corrected chi connectivity index (χ2v) is 11.7. The molecule has 0 spiro atoms. The molecule has 0 unspecified atom stereocenters.